The van der Waals surface area contributed by atoms with Crippen LogP contribution in [0.4, 0.5) is 4.39 Å². The van der Waals surface area contributed by atoms with Crippen molar-refractivity contribution in [2.24, 2.45) is 0 Å². The van der Waals surface area contributed by atoms with Crippen LogP contribution in [0.5, 0.6) is 5.75 Å². The summed E-state index contributed by atoms with van der Waals surface area (Å²) in [4.78, 5) is 31.6. The van der Waals surface area contributed by atoms with Crippen LogP contribution in [-0.2, 0) is 4.74 Å². The van der Waals surface area contributed by atoms with E-state index in [1.165, 1.54) is 12.1 Å². The Hall–Kier alpha value is -2.97. The van der Waals surface area contributed by atoms with Crippen LogP contribution < -0.4 is 4.74 Å². The minimum Gasteiger partial charge on any atom is -0.497 e. The molecule has 0 aliphatic carbocycles. The van der Waals surface area contributed by atoms with Crippen LogP contribution in [-0.4, -0.2) is 92.1 Å². The predicted molar refractivity (Wildman–Crippen MR) is 122 cm³/mol. The Labute approximate surface area is 193 Å². The van der Waals surface area contributed by atoms with E-state index in [0.717, 1.165) is 19.5 Å². The number of methoxy groups -OCH3 is 1. The molecule has 0 N–H and O–H groups in total. The SMILES string of the molecule is COc1cccc(C(=O)N2CCCN(CC3CN(C(=O)c4cccc(F)c4)CCO3)CC2)c1. The molecule has 8 heteroatoms. The number of carbonyl (C=O) groups excluding carboxylic acids is 2. The maximum Gasteiger partial charge on any atom is 0.254 e. The zero-order valence-electron chi connectivity index (χ0n) is 18.9. The molecule has 4 rings (SSSR count). The number of ether oxygens (including phenoxy) is 2. The number of benzene rings is 2. The molecule has 2 aliphatic heterocycles. The topological polar surface area (TPSA) is 62.3 Å². The van der Waals surface area contributed by atoms with E-state index in [0.29, 0.717) is 56.2 Å². The molecule has 33 heavy (non-hydrogen) atoms. The number of hydrogen-bond acceptors (Lipinski definition) is 5. The lowest BCUT2D eigenvalue weighted by atomic mass is 10.1. The van der Waals surface area contributed by atoms with Gasteiger partial charge >= 0.3 is 0 Å². The highest BCUT2D eigenvalue weighted by molar-refractivity contribution is 5.95. The zero-order chi connectivity index (χ0) is 23.2. The summed E-state index contributed by atoms with van der Waals surface area (Å²) in [5.41, 5.74) is 0.988. The molecular formula is C25H30FN3O4. The average molecular weight is 456 g/mol. The first kappa shape index (κ1) is 23.2. The van der Waals surface area contributed by atoms with Crippen molar-refractivity contribution in [3.05, 3.63) is 65.5 Å². The summed E-state index contributed by atoms with van der Waals surface area (Å²) in [5, 5.41) is 0. The van der Waals surface area contributed by atoms with E-state index >= 15 is 0 Å². The van der Waals surface area contributed by atoms with Crippen LogP contribution in [0.15, 0.2) is 48.5 Å². The Bertz CT molecular complexity index is 986. The molecule has 2 fully saturated rings. The van der Waals surface area contributed by atoms with E-state index in [-0.39, 0.29) is 17.9 Å². The maximum absolute atomic E-state index is 13.5. The van der Waals surface area contributed by atoms with Crippen LogP contribution in [0.3, 0.4) is 0 Å². The molecule has 0 bridgehead atoms. The summed E-state index contributed by atoms with van der Waals surface area (Å²) >= 11 is 0. The third-order valence-electron chi connectivity index (χ3n) is 6.15. The summed E-state index contributed by atoms with van der Waals surface area (Å²) in [7, 11) is 1.59. The second kappa shape index (κ2) is 10.8. The third kappa shape index (κ3) is 5.89. The predicted octanol–water partition coefficient (Wildman–Crippen LogP) is 2.52. The molecule has 176 valence electrons. The van der Waals surface area contributed by atoms with Gasteiger partial charge in [-0.05, 0) is 49.4 Å². The van der Waals surface area contributed by atoms with Gasteiger partial charge < -0.3 is 19.3 Å². The van der Waals surface area contributed by atoms with Gasteiger partial charge in [-0.1, -0.05) is 12.1 Å². The number of hydrogen-bond donors (Lipinski definition) is 0. The van der Waals surface area contributed by atoms with Crippen molar-refractivity contribution in [2.75, 3.05) is 59.5 Å². The lowest BCUT2D eigenvalue weighted by Crippen LogP contribution is -2.50. The second-order valence-electron chi connectivity index (χ2n) is 8.43. The lowest BCUT2D eigenvalue weighted by molar-refractivity contribution is -0.0353. The van der Waals surface area contributed by atoms with Crippen LogP contribution in [0.25, 0.3) is 0 Å². The van der Waals surface area contributed by atoms with Gasteiger partial charge in [0, 0.05) is 50.4 Å². The number of halogens is 1. The molecule has 2 aliphatic rings. The largest absolute Gasteiger partial charge is 0.497 e. The first-order valence-electron chi connectivity index (χ1n) is 11.4. The number of amides is 2. The molecule has 0 saturated carbocycles. The standard InChI is InChI=1S/C25H30FN3O4/c1-32-22-8-3-6-20(16-22)24(30)28-10-4-9-27(11-12-28)17-23-18-29(13-14-33-23)25(31)19-5-2-7-21(26)15-19/h2-3,5-8,15-16,23H,4,9-14,17-18H2,1H3. The van der Waals surface area contributed by atoms with Crippen molar-refractivity contribution < 1.29 is 23.5 Å². The molecule has 2 aromatic rings. The fourth-order valence-electron chi connectivity index (χ4n) is 4.40. The molecule has 0 spiro atoms. The summed E-state index contributed by atoms with van der Waals surface area (Å²) in [6, 6.07) is 13.0. The van der Waals surface area contributed by atoms with Gasteiger partial charge in [0.05, 0.1) is 19.8 Å². The van der Waals surface area contributed by atoms with Crippen molar-refractivity contribution >= 4 is 11.8 Å². The smallest absolute Gasteiger partial charge is 0.254 e. The zero-order valence-corrected chi connectivity index (χ0v) is 18.9. The monoisotopic (exact) mass is 455 g/mol. The lowest BCUT2D eigenvalue weighted by Gasteiger charge is -2.35. The van der Waals surface area contributed by atoms with Crippen LogP contribution in [0.1, 0.15) is 27.1 Å². The van der Waals surface area contributed by atoms with E-state index in [9.17, 15) is 14.0 Å². The first-order valence-corrected chi connectivity index (χ1v) is 11.4. The quantitative estimate of drug-likeness (QED) is 0.694. The highest BCUT2D eigenvalue weighted by atomic mass is 19.1. The van der Waals surface area contributed by atoms with Crippen molar-refractivity contribution in [3.8, 4) is 5.75 Å². The van der Waals surface area contributed by atoms with Crippen molar-refractivity contribution in [2.45, 2.75) is 12.5 Å². The molecule has 7 nitrogen and oxygen atoms in total. The van der Waals surface area contributed by atoms with Gasteiger partial charge in [0.1, 0.15) is 11.6 Å². The minimum absolute atomic E-state index is 0.0107. The Kier molecular flexibility index (Phi) is 7.57. The molecule has 2 aromatic carbocycles. The molecule has 0 aromatic heterocycles. The van der Waals surface area contributed by atoms with E-state index in [2.05, 4.69) is 4.90 Å². The third-order valence-corrected chi connectivity index (χ3v) is 6.15. The Morgan fingerprint density at radius 1 is 0.970 bits per heavy atom. The normalized spacial score (nSPS) is 19.8. The molecule has 0 radical (unpaired) electrons. The van der Waals surface area contributed by atoms with Gasteiger partial charge in [0.2, 0.25) is 0 Å². The average Bonchev–Trinajstić information content (AvgIpc) is 3.09. The molecule has 1 atom stereocenters. The Balaban J connectivity index is 1.31. The number of morpholine rings is 1. The number of nitrogens with zero attached hydrogens (tertiary/aromatic N) is 3. The van der Waals surface area contributed by atoms with E-state index in [1.54, 1.807) is 30.2 Å². The highest BCUT2D eigenvalue weighted by Crippen LogP contribution is 2.17. The van der Waals surface area contributed by atoms with E-state index < -0.39 is 5.82 Å². The first-order chi connectivity index (χ1) is 16.0. The summed E-state index contributed by atoms with van der Waals surface area (Å²) in [6.45, 7) is 5.05. The maximum atomic E-state index is 13.5. The van der Waals surface area contributed by atoms with E-state index in [4.69, 9.17) is 9.47 Å². The van der Waals surface area contributed by atoms with Crippen LogP contribution in [0.2, 0.25) is 0 Å². The summed E-state index contributed by atoms with van der Waals surface area (Å²) in [5.74, 6) is 0.0950. The van der Waals surface area contributed by atoms with Crippen LogP contribution in [0, 0.1) is 5.82 Å². The molecular weight excluding hydrogens is 425 g/mol. The van der Waals surface area contributed by atoms with Crippen molar-refractivity contribution in [1.29, 1.82) is 0 Å². The molecule has 2 heterocycles. The van der Waals surface area contributed by atoms with Crippen molar-refractivity contribution in [1.82, 2.24) is 14.7 Å². The number of carbonyl (C=O) groups is 2. The Morgan fingerprint density at radius 3 is 2.52 bits per heavy atom. The van der Waals surface area contributed by atoms with Gasteiger partial charge in [-0.15, -0.1) is 0 Å². The molecule has 2 saturated heterocycles. The summed E-state index contributed by atoms with van der Waals surface area (Å²) in [6.07, 6.45) is 0.755. The highest BCUT2D eigenvalue weighted by Gasteiger charge is 2.28. The van der Waals surface area contributed by atoms with Gasteiger partial charge in [-0.3, -0.25) is 14.5 Å². The Morgan fingerprint density at radius 2 is 1.73 bits per heavy atom. The van der Waals surface area contributed by atoms with Crippen molar-refractivity contribution in [3.63, 3.8) is 0 Å². The van der Waals surface area contributed by atoms with Gasteiger partial charge in [-0.2, -0.15) is 0 Å². The van der Waals surface area contributed by atoms with Gasteiger partial charge in [-0.25, -0.2) is 4.39 Å². The minimum atomic E-state index is -0.414. The van der Waals surface area contributed by atoms with Gasteiger partial charge in [0.15, 0.2) is 0 Å². The summed E-state index contributed by atoms with van der Waals surface area (Å²) < 4.78 is 24.7. The molecule has 2 amide bonds. The fraction of sp³-hybridized carbons (Fsp3) is 0.440. The second-order valence-corrected chi connectivity index (χ2v) is 8.43. The number of rotatable bonds is 5. The van der Waals surface area contributed by atoms with Gasteiger partial charge in [0.25, 0.3) is 11.8 Å². The van der Waals surface area contributed by atoms with E-state index in [1.807, 2.05) is 23.1 Å². The molecule has 1 unspecified atom stereocenters. The fourth-order valence-corrected chi connectivity index (χ4v) is 4.40. The van der Waals surface area contributed by atoms with Crippen LogP contribution >= 0.6 is 0 Å².